The number of nitrogens with zero attached hydrogens (tertiary/aromatic N) is 2. The molecule has 3 heteroatoms. The van der Waals surface area contributed by atoms with Gasteiger partial charge in [0.05, 0.1) is 17.1 Å². The molecule has 0 spiro atoms. The van der Waals surface area contributed by atoms with Crippen LogP contribution in [0.15, 0.2) is 46.4 Å². The Kier molecular flexibility index (Phi) is 21.6. The molecule has 0 aliphatic rings. The van der Waals surface area contributed by atoms with E-state index in [1.807, 2.05) is 6.21 Å². The maximum absolute atomic E-state index is 5.16. The summed E-state index contributed by atoms with van der Waals surface area (Å²) in [7, 11) is 0. The summed E-state index contributed by atoms with van der Waals surface area (Å²) in [5, 5.41) is 0. The van der Waals surface area contributed by atoms with Crippen molar-refractivity contribution in [1.29, 1.82) is 0 Å². The predicted octanol–water partition coefficient (Wildman–Crippen LogP) is 12.3. The van der Waals surface area contributed by atoms with Crippen molar-refractivity contribution in [3.8, 4) is 0 Å². The fourth-order valence-electron chi connectivity index (χ4n) is 5.41. The van der Waals surface area contributed by atoms with E-state index in [0.717, 1.165) is 29.9 Å². The molecule has 0 aliphatic heterocycles. The maximum Gasteiger partial charge on any atom is 0.0636 e. The zero-order chi connectivity index (χ0) is 28.8. The molecular formula is C38H60N2Ni. The van der Waals surface area contributed by atoms with Crippen molar-refractivity contribution < 1.29 is 16.5 Å². The number of rotatable bonds is 22. The first-order valence-electron chi connectivity index (χ1n) is 17.0. The van der Waals surface area contributed by atoms with Gasteiger partial charge in [0.15, 0.2) is 0 Å². The van der Waals surface area contributed by atoms with E-state index in [2.05, 4.69) is 71.0 Å². The number of unbranched alkanes of at least 4 members (excludes halogenated alkanes) is 9. The second kappa shape index (κ2) is 23.8. The molecule has 0 aliphatic carbocycles. The Morgan fingerprint density at radius 3 is 1.39 bits per heavy atom. The van der Waals surface area contributed by atoms with E-state index in [-0.39, 0.29) is 16.5 Å². The van der Waals surface area contributed by atoms with Gasteiger partial charge in [-0.15, -0.1) is 0 Å². The van der Waals surface area contributed by atoms with Gasteiger partial charge in [-0.2, -0.15) is 0 Å². The summed E-state index contributed by atoms with van der Waals surface area (Å²) in [5.41, 5.74) is 9.32. The third-order valence-corrected chi connectivity index (χ3v) is 8.00. The van der Waals surface area contributed by atoms with E-state index < -0.39 is 0 Å². The van der Waals surface area contributed by atoms with Gasteiger partial charge in [0.25, 0.3) is 0 Å². The fraction of sp³-hybridized carbons (Fsp3) is 0.632. The van der Waals surface area contributed by atoms with Crippen LogP contribution in [0.3, 0.4) is 0 Å². The van der Waals surface area contributed by atoms with Gasteiger partial charge in [0, 0.05) is 22.7 Å². The monoisotopic (exact) mass is 602 g/mol. The van der Waals surface area contributed by atoms with E-state index in [9.17, 15) is 0 Å². The Morgan fingerprint density at radius 2 is 0.927 bits per heavy atom. The largest absolute Gasteiger partial charge is 0.255 e. The van der Waals surface area contributed by atoms with Crippen molar-refractivity contribution in [2.75, 3.05) is 0 Å². The Labute approximate surface area is 264 Å². The fourth-order valence-corrected chi connectivity index (χ4v) is 5.41. The van der Waals surface area contributed by atoms with E-state index in [1.54, 1.807) is 0 Å². The van der Waals surface area contributed by atoms with Crippen LogP contribution in [0.1, 0.15) is 153 Å². The summed E-state index contributed by atoms with van der Waals surface area (Å²) in [6.45, 7) is 11.4. The number of aliphatic imine (C=N–C) groups is 2. The number of benzene rings is 2. The molecule has 0 aromatic heterocycles. The Hall–Kier alpha value is -1.73. The number of hydrogen-bond acceptors (Lipinski definition) is 2. The van der Waals surface area contributed by atoms with Crippen molar-refractivity contribution in [3.63, 3.8) is 0 Å². The molecule has 0 heterocycles. The molecule has 0 N–H and O–H groups in total. The van der Waals surface area contributed by atoms with Crippen LogP contribution < -0.4 is 0 Å². The Bertz CT molecular complexity index is 1010. The van der Waals surface area contributed by atoms with E-state index in [0.29, 0.717) is 0 Å². The van der Waals surface area contributed by atoms with Gasteiger partial charge in [-0.25, -0.2) is 0 Å². The van der Waals surface area contributed by atoms with Crippen LogP contribution in [0.25, 0.3) is 0 Å². The van der Waals surface area contributed by atoms with E-state index >= 15 is 0 Å². The third-order valence-electron chi connectivity index (χ3n) is 8.00. The summed E-state index contributed by atoms with van der Waals surface area (Å²) in [4.78, 5) is 10.1. The van der Waals surface area contributed by atoms with Crippen LogP contribution in [-0.4, -0.2) is 11.9 Å². The van der Waals surface area contributed by atoms with Crippen LogP contribution in [0.2, 0.25) is 0 Å². The second-order valence-corrected chi connectivity index (χ2v) is 11.7. The van der Waals surface area contributed by atoms with Gasteiger partial charge in [-0.1, -0.05) is 105 Å². The van der Waals surface area contributed by atoms with Crippen LogP contribution >= 0.6 is 0 Å². The molecule has 232 valence electrons. The summed E-state index contributed by atoms with van der Waals surface area (Å²) >= 11 is 0. The third kappa shape index (κ3) is 15.4. The van der Waals surface area contributed by atoms with Crippen LogP contribution in [0, 0.1) is 0 Å². The molecule has 0 atom stereocenters. The zero-order valence-electron chi connectivity index (χ0n) is 27.2. The molecule has 0 saturated carbocycles. The molecule has 0 radical (unpaired) electrons. The normalized spacial score (nSPS) is 11.8. The van der Waals surface area contributed by atoms with Crippen LogP contribution in [0.4, 0.5) is 11.4 Å². The second-order valence-electron chi connectivity index (χ2n) is 11.7. The van der Waals surface area contributed by atoms with Crippen molar-refractivity contribution in [3.05, 3.63) is 58.7 Å². The summed E-state index contributed by atoms with van der Waals surface area (Å²) in [6.07, 6.45) is 25.4. The minimum absolute atomic E-state index is 0. The maximum atomic E-state index is 5.16. The van der Waals surface area contributed by atoms with E-state index in [1.165, 1.54) is 131 Å². The molecule has 2 aromatic carbocycles. The number of hydrogen-bond donors (Lipinski definition) is 0. The standard InChI is InChI=1S/C38H60N2.Ni/c1-6-11-16-20-32-25-27-36(29-34(32)22-18-13-8-3)39-31-38(24-15-10-5)40-37-28-26-33(21-17-12-7-2)35(30-37)23-19-14-9-4;/h25-31H,6-24H2,1-5H3;/b39-31+,40-38+;. The average molecular weight is 604 g/mol. The Morgan fingerprint density at radius 1 is 0.512 bits per heavy atom. The summed E-state index contributed by atoms with van der Waals surface area (Å²) < 4.78 is 0. The van der Waals surface area contributed by atoms with Gasteiger partial charge in [-0.05, 0) is 111 Å². The van der Waals surface area contributed by atoms with Gasteiger partial charge in [0.1, 0.15) is 0 Å². The van der Waals surface area contributed by atoms with Crippen molar-refractivity contribution in [1.82, 2.24) is 0 Å². The van der Waals surface area contributed by atoms with Crippen molar-refractivity contribution in [2.45, 2.75) is 157 Å². The molecule has 0 saturated heterocycles. The first-order chi connectivity index (χ1) is 19.6. The average Bonchev–Trinajstić information content (AvgIpc) is 2.96. The Balaban J connectivity index is 0.00000840. The SMILES string of the molecule is CCCCCc1ccc(/N=C/C(CCCC)=N/c2ccc(CCCCC)c(CCCCC)c2)cc1CCCCC.[Ni]. The van der Waals surface area contributed by atoms with Crippen LogP contribution in [0.5, 0.6) is 0 Å². The first kappa shape index (κ1) is 37.3. The van der Waals surface area contributed by atoms with Crippen LogP contribution in [-0.2, 0) is 42.2 Å². The minimum atomic E-state index is 0. The number of aryl methyl sites for hydroxylation is 4. The topological polar surface area (TPSA) is 24.7 Å². The van der Waals surface area contributed by atoms with Crippen molar-refractivity contribution >= 4 is 23.3 Å². The zero-order valence-corrected chi connectivity index (χ0v) is 28.2. The minimum Gasteiger partial charge on any atom is -0.255 e. The first-order valence-corrected chi connectivity index (χ1v) is 17.0. The summed E-state index contributed by atoms with van der Waals surface area (Å²) in [6, 6.07) is 13.9. The quantitative estimate of drug-likeness (QED) is 0.0727. The molecule has 0 fully saturated rings. The predicted molar refractivity (Wildman–Crippen MR) is 181 cm³/mol. The van der Waals surface area contributed by atoms with Gasteiger partial charge < -0.3 is 0 Å². The molecule has 2 aromatic rings. The smallest absolute Gasteiger partial charge is 0.0636 e. The van der Waals surface area contributed by atoms with Gasteiger partial charge >= 0.3 is 0 Å². The molecule has 2 nitrogen and oxygen atoms in total. The summed E-state index contributed by atoms with van der Waals surface area (Å²) in [5.74, 6) is 0. The molecule has 0 amide bonds. The molecule has 2 rings (SSSR count). The molecule has 0 bridgehead atoms. The van der Waals surface area contributed by atoms with Crippen molar-refractivity contribution in [2.24, 2.45) is 9.98 Å². The van der Waals surface area contributed by atoms with E-state index in [4.69, 9.17) is 9.98 Å². The van der Waals surface area contributed by atoms with Gasteiger partial charge in [-0.3, -0.25) is 9.98 Å². The molecular weight excluding hydrogens is 543 g/mol. The molecule has 0 unspecified atom stereocenters. The van der Waals surface area contributed by atoms with Gasteiger partial charge in [0.2, 0.25) is 0 Å². The molecule has 41 heavy (non-hydrogen) atoms.